The molecule has 0 radical (unpaired) electrons. The van der Waals surface area contributed by atoms with Crippen LogP contribution in [0.25, 0.3) is 11.7 Å². The van der Waals surface area contributed by atoms with E-state index in [1.54, 1.807) is 16.8 Å². The third kappa shape index (κ3) is 2.46. The number of hydrogen-bond acceptors (Lipinski definition) is 7. The molecule has 25 heavy (non-hydrogen) atoms. The van der Waals surface area contributed by atoms with Crippen molar-refractivity contribution in [2.45, 2.75) is 25.3 Å². The van der Waals surface area contributed by atoms with Crippen LogP contribution < -0.4 is 21.4 Å². The van der Waals surface area contributed by atoms with E-state index in [4.69, 9.17) is 0 Å². The third-order valence-corrected chi connectivity index (χ3v) is 4.39. The zero-order valence-corrected chi connectivity index (χ0v) is 13.3. The van der Waals surface area contributed by atoms with E-state index in [9.17, 15) is 9.90 Å². The Hall–Kier alpha value is -3.17. The number of nitrogens with zero attached hydrogens (tertiary/aromatic N) is 6. The van der Waals surface area contributed by atoms with E-state index in [1.807, 2.05) is 0 Å². The Kier molecular flexibility index (Phi) is 2.93. The normalized spacial score (nSPS) is 19.0. The highest BCUT2D eigenvalue weighted by Gasteiger charge is 2.22. The van der Waals surface area contributed by atoms with Gasteiger partial charge in [0.15, 0.2) is 5.65 Å². The Morgan fingerprint density at radius 3 is 2.76 bits per heavy atom. The summed E-state index contributed by atoms with van der Waals surface area (Å²) in [5.41, 5.74) is 0.948. The lowest BCUT2D eigenvalue weighted by Gasteiger charge is -2.30. The highest BCUT2D eigenvalue weighted by Crippen LogP contribution is 2.22. The Balaban J connectivity index is 1.75. The molecule has 2 fully saturated rings. The van der Waals surface area contributed by atoms with E-state index >= 15 is 0 Å². The van der Waals surface area contributed by atoms with E-state index in [2.05, 4.69) is 34.9 Å². The third-order valence-electron chi connectivity index (χ3n) is 4.39. The molecule has 1 aliphatic heterocycles. The van der Waals surface area contributed by atoms with E-state index in [-0.39, 0.29) is 11.6 Å². The van der Waals surface area contributed by atoms with Crippen LogP contribution in [0.1, 0.15) is 25.0 Å². The fourth-order valence-corrected chi connectivity index (χ4v) is 2.73. The summed E-state index contributed by atoms with van der Waals surface area (Å²) in [6.45, 7) is 1.86. The average molecular weight is 340 g/mol. The summed E-state index contributed by atoms with van der Waals surface area (Å²) < 4.78 is 1.61. The number of H-pyrrole nitrogens is 2. The van der Waals surface area contributed by atoms with Crippen molar-refractivity contribution in [1.29, 1.82) is 0 Å². The molecule has 10 nitrogen and oxygen atoms in total. The van der Waals surface area contributed by atoms with Crippen molar-refractivity contribution in [3.05, 3.63) is 33.2 Å². The van der Waals surface area contributed by atoms with Gasteiger partial charge >= 0.3 is 5.69 Å². The second-order valence-corrected chi connectivity index (χ2v) is 6.35. The van der Waals surface area contributed by atoms with Crippen LogP contribution in [0, 0.1) is 0 Å². The summed E-state index contributed by atoms with van der Waals surface area (Å²) in [5.74, 6) is 0.421. The fraction of sp³-hybridized carbons (Fsp3) is 0.400. The molecule has 1 aliphatic carbocycles. The standard InChI is InChI=1S/C15H16N8O2/c24-12-10(18-15(25)20-12)6-8-7-16-23-11(8)19-13(22-4-1-5-22)21-14(23)17-9-2-3-9/h6-7,9,24H,1-5H2,(H2,18,20,25). The lowest BCUT2D eigenvalue weighted by atomic mass is 10.2. The summed E-state index contributed by atoms with van der Waals surface area (Å²) in [4.78, 5) is 32.1. The monoisotopic (exact) mass is 340 g/mol. The number of aromatic nitrogens is 6. The van der Waals surface area contributed by atoms with E-state index < -0.39 is 5.69 Å². The summed E-state index contributed by atoms with van der Waals surface area (Å²) >= 11 is 0. The van der Waals surface area contributed by atoms with Crippen molar-refractivity contribution in [3.8, 4) is 5.88 Å². The molecule has 4 heterocycles. The van der Waals surface area contributed by atoms with Gasteiger partial charge in [-0.15, -0.1) is 0 Å². The van der Waals surface area contributed by atoms with Gasteiger partial charge in [-0.05, 0) is 25.3 Å². The zero-order chi connectivity index (χ0) is 17.0. The molecule has 0 spiro atoms. The van der Waals surface area contributed by atoms with Crippen LogP contribution in [0.2, 0.25) is 0 Å². The number of aromatic hydroxyl groups is 1. The van der Waals surface area contributed by atoms with Crippen molar-refractivity contribution >= 4 is 17.7 Å². The predicted molar refractivity (Wildman–Crippen MR) is 88.1 cm³/mol. The van der Waals surface area contributed by atoms with Crippen molar-refractivity contribution in [3.63, 3.8) is 0 Å². The summed E-state index contributed by atoms with van der Waals surface area (Å²) in [7, 11) is 0. The number of imidazole rings is 1. The number of anilines is 1. The van der Waals surface area contributed by atoms with Gasteiger partial charge in [-0.25, -0.2) is 9.79 Å². The molecule has 3 aromatic rings. The smallest absolute Gasteiger partial charge is 0.326 e. The van der Waals surface area contributed by atoms with Crippen LogP contribution in [-0.2, 0) is 0 Å². The van der Waals surface area contributed by atoms with Gasteiger partial charge in [0.05, 0.1) is 12.2 Å². The second-order valence-electron chi connectivity index (χ2n) is 6.35. The number of hydrogen-bond donors (Lipinski definition) is 3. The van der Waals surface area contributed by atoms with Crippen LogP contribution >= 0.6 is 0 Å². The van der Waals surface area contributed by atoms with Gasteiger partial charge < -0.3 is 15.0 Å². The molecule has 0 atom stereocenters. The minimum atomic E-state index is -0.472. The molecule has 3 aromatic heterocycles. The van der Waals surface area contributed by atoms with Gasteiger partial charge in [0.2, 0.25) is 11.8 Å². The number of rotatable bonds is 3. The van der Waals surface area contributed by atoms with Crippen molar-refractivity contribution in [1.82, 2.24) is 29.5 Å². The maximum Gasteiger partial charge on any atom is 0.326 e. The van der Waals surface area contributed by atoms with Gasteiger partial charge in [-0.3, -0.25) is 4.98 Å². The van der Waals surface area contributed by atoms with E-state index in [1.165, 1.54) is 0 Å². The number of nitrogens with one attached hydrogen (secondary N) is 2. The van der Waals surface area contributed by atoms with Crippen LogP contribution in [0.3, 0.4) is 0 Å². The average Bonchev–Trinajstić information content (AvgIpc) is 3.15. The molecule has 1 saturated heterocycles. The molecular weight excluding hydrogens is 324 g/mol. The van der Waals surface area contributed by atoms with Gasteiger partial charge in [-0.2, -0.15) is 19.6 Å². The molecule has 0 unspecified atom stereocenters. The largest absolute Gasteiger partial charge is 0.493 e. The van der Waals surface area contributed by atoms with Gasteiger partial charge in [0, 0.05) is 18.3 Å². The first-order valence-corrected chi connectivity index (χ1v) is 8.25. The first-order valence-electron chi connectivity index (χ1n) is 8.25. The van der Waals surface area contributed by atoms with Crippen LogP contribution in [0.15, 0.2) is 16.0 Å². The Labute approximate surface area is 140 Å². The predicted octanol–water partition coefficient (Wildman–Crippen LogP) is -1.33. The SMILES string of the molecule is O=c1[nH]c(O)c(C=c2cnn3c(=NC4CC4)nc(N4CCC4)nc23)[nH]1. The maximum atomic E-state index is 11.3. The van der Waals surface area contributed by atoms with Crippen molar-refractivity contribution in [2.75, 3.05) is 18.0 Å². The molecule has 128 valence electrons. The molecule has 3 N–H and O–H groups in total. The molecule has 2 aliphatic rings. The fourth-order valence-electron chi connectivity index (χ4n) is 2.73. The summed E-state index contributed by atoms with van der Waals surface area (Å²) in [6, 6.07) is 0.309. The zero-order valence-electron chi connectivity index (χ0n) is 13.3. The van der Waals surface area contributed by atoms with Crippen molar-refractivity contribution < 1.29 is 5.11 Å². The van der Waals surface area contributed by atoms with Gasteiger partial charge in [0.25, 0.3) is 5.62 Å². The molecule has 1 saturated carbocycles. The summed E-state index contributed by atoms with van der Waals surface area (Å²) in [6.07, 6.45) is 6.52. The minimum Gasteiger partial charge on any atom is -0.493 e. The van der Waals surface area contributed by atoms with Crippen LogP contribution in [0.5, 0.6) is 5.88 Å². The maximum absolute atomic E-state index is 11.3. The first-order chi connectivity index (χ1) is 12.2. The molecular formula is C15H16N8O2. The van der Waals surface area contributed by atoms with Crippen LogP contribution in [0.4, 0.5) is 5.95 Å². The topological polar surface area (TPSA) is 128 Å². The minimum absolute atomic E-state index is 0.218. The molecule has 0 aromatic carbocycles. The van der Waals surface area contributed by atoms with E-state index in [0.29, 0.717) is 28.5 Å². The molecule has 0 amide bonds. The second kappa shape index (κ2) is 5.16. The molecule has 10 heteroatoms. The highest BCUT2D eigenvalue weighted by atomic mass is 16.3. The number of aromatic amines is 2. The lowest BCUT2D eigenvalue weighted by molar-refractivity contribution is 0.454. The van der Waals surface area contributed by atoms with Crippen LogP contribution in [-0.4, -0.2) is 53.8 Å². The molecule has 5 rings (SSSR count). The summed E-state index contributed by atoms with van der Waals surface area (Å²) in [5, 5.41) is 14.8. The first kappa shape index (κ1) is 14.2. The van der Waals surface area contributed by atoms with Gasteiger partial charge in [-0.1, -0.05) is 0 Å². The lowest BCUT2D eigenvalue weighted by Crippen LogP contribution is -2.40. The van der Waals surface area contributed by atoms with Crippen molar-refractivity contribution in [2.24, 2.45) is 4.99 Å². The Morgan fingerprint density at radius 2 is 2.12 bits per heavy atom. The Morgan fingerprint density at radius 1 is 1.28 bits per heavy atom. The van der Waals surface area contributed by atoms with Gasteiger partial charge in [0.1, 0.15) is 5.69 Å². The highest BCUT2D eigenvalue weighted by molar-refractivity contribution is 5.57. The Bertz CT molecular complexity index is 1130. The molecule has 0 bridgehead atoms. The van der Waals surface area contributed by atoms with E-state index in [0.717, 1.165) is 32.4 Å². The quantitative estimate of drug-likeness (QED) is 0.542. The number of fused-ring (bicyclic) bond motifs is 1.